The second-order valence-corrected chi connectivity index (χ2v) is 7.14. The monoisotopic (exact) mass is 256 g/mol. The van der Waals surface area contributed by atoms with Crippen molar-refractivity contribution in [3.63, 3.8) is 0 Å². The van der Waals surface area contributed by atoms with Crippen molar-refractivity contribution in [3.05, 3.63) is 0 Å². The quantitative estimate of drug-likeness (QED) is 0.794. The molecule has 2 atom stereocenters. The summed E-state index contributed by atoms with van der Waals surface area (Å²) in [5.74, 6) is 0.734. The molecule has 0 spiro atoms. The molecular weight excluding hydrogens is 228 g/mol. The first-order valence-electron chi connectivity index (χ1n) is 7.28. The molecule has 0 bridgehead atoms. The lowest BCUT2D eigenvalue weighted by atomic mass is 9.87. The third kappa shape index (κ3) is 3.39. The van der Waals surface area contributed by atoms with Crippen LogP contribution in [0.25, 0.3) is 0 Å². The van der Waals surface area contributed by atoms with Crippen molar-refractivity contribution in [3.8, 4) is 0 Å². The summed E-state index contributed by atoms with van der Waals surface area (Å²) in [6.07, 6.45) is 13.4. The van der Waals surface area contributed by atoms with Gasteiger partial charge in [0.2, 0.25) is 0 Å². The van der Waals surface area contributed by atoms with E-state index in [2.05, 4.69) is 23.3 Å². The van der Waals surface area contributed by atoms with Gasteiger partial charge >= 0.3 is 0 Å². The van der Waals surface area contributed by atoms with Crippen LogP contribution in [0.5, 0.6) is 0 Å². The van der Waals surface area contributed by atoms with Crippen LogP contribution in [0.3, 0.4) is 0 Å². The maximum atomic E-state index is 5.85. The van der Waals surface area contributed by atoms with Crippen molar-refractivity contribution in [1.29, 1.82) is 0 Å². The summed E-state index contributed by atoms with van der Waals surface area (Å²) < 4.78 is 0.528. The molecule has 2 aliphatic carbocycles. The number of hydrogen-bond donors (Lipinski definition) is 2. The molecule has 2 saturated carbocycles. The van der Waals surface area contributed by atoms with Crippen LogP contribution in [-0.2, 0) is 0 Å². The Balaban J connectivity index is 1.82. The lowest BCUT2D eigenvalue weighted by Gasteiger charge is -2.37. The maximum Gasteiger partial charge on any atom is 0.0281 e. The van der Waals surface area contributed by atoms with Gasteiger partial charge in [-0.1, -0.05) is 25.7 Å². The normalized spacial score (nSPS) is 32.8. The van der Waals surface area contributed by atoms with Crippen LogP contribution in [0.4, 0.5) is 0 Å². The van der Waals surface area contributed by atoms with E-state index in [0.29, 0.717) is 10.8 Å². The molecule has 2 aliphatic rings. The first kappa shape index (κ1) is 13.7. The van der Waals surface area contributed by atoms with Crippen LogP contribution in [0.15, 0.2) is 0 Å². The van der Waals surface area contributed by atoms with E-state index in [9.17, 15) is 0 Å². The largest absolute Gasteiger partial charge is 0.330 e. The predicted molar refractivity (Wildman–Crippen MR) is 77.5 cm³/mol. The number of hydrogen-bond acceptors (Lipinski definition) is 3. The van der Waals surface area contributed by atoms with Gasteiger partial charge in [-0.05, 0) is 44.4 Å². The molecule has 0 saturated heterocycles. The van der Waals surface area contributed by atoms with Gasteiger partial charge in [0.1, 0.15) is 0 Å². The zero-order valence-electron chi connectivity index (χ0n) is 11.2. The molecule has 0 amide bonds. The summed E-state index contributed by atoms with van der Waals surface area (Å²) >= 11 is 2.09. The number of nitrogens with two attached hydrogens (primary N) is 1. The molecule has 2 rings (SSSR count). The Morgan fingerprint density at radius 1 is 1.18 bits per heavy atom. The standard InChI is InChI=1S/C14H28N2S/c1-17-14(8-3-2-4-9-14)11-16-13-7-5-6-12(13)10-15/h12-13,16H,2-11,15H2,1H3. The molecule has 2 unspecified atom stereocenters. The Morgan fingerprint density at radius 3 is 2.59 bits per heavy atom. The van der Waals surface area contributed by atoms with E-state index in [1.807, 2.05) is 0 Å². The maximum absolute atomic E-state index is 5.85. The van der Waals surface area contributed by atoms with Gasteiger partial charge in [0.25, 0.3) is 0 Å². The third-order valence-corrected chi connectivity index (χ3v) is 6.26. The van der Waals surface area contributed by atoms with Gasteiger partial charge in [-0.15, -0.1) is 0 Å². The minimum atomic E-state index is 0.528. The van der Waals surface area contributed by atoms with Gasteiger partial charge in [-0.2, -0.15) is 11.8 Å². The van der Waals surface area contributed by atoms with Crippen LogP contribution in [0, 0.1) is 5.92 Å². The van der Waals surface area contributed by atoms with Gasteiger partial charge in [-0.3, -0.25) is 0 Å². The second kappa shape index (κ2) is 6.44. The summed E-state index contributed by atoms with van der Waals surface area (Å²) in [4.78, 5) is 0. The van der Waals surface area contributed by atoms with Gasteiger partial charge in [0.15, 0.2) is 0 Å². The van der Waals surface area contributed by atoms with E-state index in [1.165, 1.54) is 57.9 Å². The molecule has 3 N–H and O–H groups in total. The topological polar surface area (TPSA) is 38.0 Å². The van der Waals surface area contributed by atoms with Crippen LogP contribution < -0.4 is 11.1 Å². The number of thioether (sulfide) groups is 1. The van der Waals surface area contributed by atoms with Crippen molar-refractivity contribution in [2.45, 2.75) is 62.2 Å². The summed E-state index contributed by atoms with van der Waals surface area (Å²) in [5.41, 5.74) is 5.85. The summed E-state index contributed by atoms with van der Waals surface area (Å²) in [7, 11) is 0. The third-order valence-electron chi connectivity index (χ3n) is 4.85. The van der Waals surface area contributed by atoms with E-state index in [4.69, 9.17) is 5.73 Å². The Kier molecular flexibility index (Phi) is 5.19. The highest BCUT2D eigenvalue weighted by molar-refractivity contribution is 8.00. The average molecular weight is 256 g/mol. The van der Waals surface area contributed by atoms with Crippen LogP contribution in [-0.4, -0.2) is 30.1 Å². The fourth-order valence-corrected chi connectivity index (χ4v) is 4.48. The van der Waals surface area contributed by atoms with Crippen LogP contribution >= 0.6 is 11.8 Å². The molecule has 0 aromatic carbocycles. The van der Waals surface area contributed by atoms with Gasteiger partial charge in [-0.25, -0.2) is 0 Å². The lowest BCUT2D eigenvalue weighted by Crippen LogP contribution is -2.45. The Bertz CT molecular complexity index is 226. The SMILES string of the molecule is CSC1(CNC2CCCC2CN)CCCCC1. The van der Waals surface area contributed by atoms with Crippen molar-refractivity contribution in [2.24, 2.45) is 11.7 Å². The zero-order valence-corrected chi connectivity index (χ0v) is 12.0. The van der Waals surface area contributed by atoms with E-state index in [0.717, 1.165) is 12.5 Å². The van der Waals surface area contributed by atoms with E-state index in [-0.39, 0.29) is 0 Å². The first-order chi connectivity index (χ1) is 8.29. The second-order valence-electron chi connectivity index (χ2n) is 5.86. The van der Waals surface area contributed by atoms with Crippen LogP contribution in [0.1, 0.15) is 51.4 Å². The molecule has 2 fully saturated rings. The molecule has 2 nitrogen and oxygen atoms in total. The van der Waals surface area contributed by atoms with Gasteiger partial charge in [0.05, 0.1) is 0 Å². The van der Waals surface area contributed by atoms with E-state index >= 15 is 0 Å². The van der Waals surface area contributed by atoms with Crippen molar-refractivity contribution in [2.75, 3.05) is 19.3 Å². The summed E-state index contributed by atoms with van der Waals surface area (Å²) in [6.45, 7) is 2.07. The molecule has 100 valence electrons. The van der Waals surface area contributed by atoms with Crippen molar-refractivity contribution < 1.29 is 0 Å². The Labute approximate surface area is 110 Å². The molecule has 0 aromatic rings. The molecule has 0 radical (unpaired) electrons. The molecule has 17 heavy (non-hydrogen) atoms. The fraction of sp³-hybridized carbons (Fsp3) is 1.00. The predicted octanol–water partition coefficient (Wildman–Crippen LogP) is 2.77. The first-order valence-corrected chi connectivity index (χ1v) is 8.51. The molecule has 0 aromatic heterocycles. The minimum absolute atomic E-state index is 0.528. The molecule has 3 heteroatoms. The Hall–Kier alpha value is 0.270. The number of nitrogens with one attached hydrogen (secondary N) is 1. The van der Waals surface area contributed by atoms with Crippen molar-refractivity contribution in [1.82, 2.24) is 5.32 Å². The average Bonchev–Trinajstić information content (AvgIpc) is 2.85. The van der Waals surface area contributed by atoms with Crippen molar-refractivity contribution >= 4 is 11.8 Å². The molecular formula is C14H28N2S. The summed E-state index contributed by atoms with van der Waals surface area (Å²) in [6, 6.07) is 0.700. The zero-order chi connectivity index (χ0) is 12.1. The molecule has 0 heterocycles. The summed E-state index contributed by atoms with van der Waals surface area (Å²) in [5, 5.41) is 3.84. The highest BCUT2D eigenvalue weighted by Gasteiger charge is 2.33. The highest BCUT2D eigenvalue weighted by Crippen LogP contribution is 2.38. The Morgan fingerprint density at radius 2 is 1.94 bits per heavy atom. The lowest BCUT2D eigenvalue weighted by molar-refractivity contribution is 0.336. The fourth-order valence-electron chi connectivity index (χ4n) is 3.55. The highest BCUT2D eigenvalue weighted by atomic mass is 32.2. The van der Waals surface area contributed by atoms with E-state index in [1.54, 1.807) is 0 Å². The smallest absolute Gasteiger partial charge is 0.0281 e. The van der Waals surface area contributed by atoms with Crippen LogP contribution in [0.2, 0.25) is 0 Å². The van der Waals surface area contributed by atoms with E-state index < -0.39 is 0 Å². The van der Waals surface area contributed by atoms with Gasteiger partial charge in [0, 0.05) is 17.3 Å². The van der Waals surface area contributed by atoms with Gasteiger partial charge < -0.3 is 11.1 Å². The minimum Gasteiger partial charge on any atom is -0.330 e. The molecule has 0 aliphatic heterocycles. The number of rotatable bonds is 5.